The predicted molar refractivity (Wildman–Crippen MR) is 73.1 cm³/mol. The van der Waals surface area contributed by atoms with E-state index in [9.17, 15) is 5.11 Å². The van der Waals surface area contributed by atoms with Crippen molar-refractivity contribution < 1.29 is 5.11 Å². The van der Waals surface area contributed by atoms with Crippen molar-refractivity contribution in [2.45, 2.75) is 70.8 Å². The first-order chi connectivity index (χ1) is 8.64. The van der Waals surface area contributed by atoms with E-state index in [0.717, 1.165) is 30.1 Å². The molecule has 0 spiro atoms. The van der Waals surface area contributed by atoms with Crippen molar-refractivity contribution in [1.82, 2.24) is 0 Å². The molecule has 1 N–H and O–H groups in total. The second kappa shape index (κ2) is 3.98. The Balaban J connectivity index is 1.59. The SMILES string of the molecule is C[C@@H]1CC[C@@H](C23CC4CC(CC(C4)C2)C3)[C@@H](O)C1. The van der Waals surface area contributed by atoms with E-state index in [1.54, 1.807) is 0 Å². The van der Waals surface area contributed by atoms with Crippen LogP contribution in [0.4, 0.5) is 0 Å². The summed E-state index contributed by atoms with van der Waals surface area (Å²) >= 11 is 0. The molecule has 1 heteroatoms. The molecule has 102 valence electrons. The second-order valence-corrected chi connectivity index (χ2v) is 8.37. The molecule has 0 aliphatic heterocycles. The van der Waals surface area contributed by atoms with Crippen molar-refractivity contribution in [3.8, 4) is 0 Å². The van der Waals surface area contributed by atoms with E-state index in [0.29, 0.717) is 11.3 Å². The summed E-state index contributed by atoms with van der Waals surface area (Å²) in [4.78, 5) is 0. The fraction of sp³-hybridized carbons (Fsp3) is 1.00. The normalized spacial score (nSPS) is 59.0. The Bertz CT molecular complexity index is 299. The van der Waals surface area contributed by atoms with Gasteiger partial charge in [-0.2, -0.15) is 0 Å². The molecule has 3 atom stereocenters. The van der Waals surface area contributed by atoms with Gasteiger partial charge in [0.1, 0.15) is 0 Å². The van der Waals surface area contributed by atoms with E-state index in [4.69, 9.17) is 0 Å². The van der Waals surface area contributed by atoms with E-state index < -0.39 is 0 Å². The Morgan fingerprint density at radius 2 is 1.39 bits per heavy atom. The molecule has 1 nitrogen and oxygen atoms in total. The van der Waals surface area contributed by atoms with Crippen molar-refractivity contribution in [1.29, 1.82) is 0 Å². The van der Waals surface area contributed by atoms with Gasteiger partial charge in [-0.05, 0) is 86.4 Å². The van der Waals surface area contributed by atoms with Crippen LogP contribution in [0, 0.1) is 35.0 Å². The van der Waals surface area contributed by atoms with Crippen LogP contribution >= 0.6 is 0 Å². The van der Waals surface area contributed by atoms with Gasteiger partial charge in [0.2, 0.25) is 0 Å². The summed E-state index contributed by atoms with van der Waals surface area (Å²) in [5.41, 5.74) is 0.578. The Kier molecular flexibility index (Phi) is 2.60. The summed E-state index contributed by atoms with van der Waals surface area (Å²) in [6, 6.07) is 0. The van der Waals surface area contributed by atoms with Gasteiger partial charge in [-0.15, -0.1) is 0 Å². The number of hydrogen-bond acceptors (Lipinski definition) is 1. The first kappa shape index (κ1) is 11.8. The third-order valence-corrected chi connectivity index (χ3v) is 6.95. The fourth-order valence-corrected chi connectivity index (χ4v) is 6.70. The fourth-order valence-electron chi connectivity index (χ4n) is 6.70. The van der Waals surface area contributed by atoms with Crippen molar-refractivity contribution in [2.24, 2.45) is 35.0 Å². The molecule has 0 unspecified atom stereocenters. The van der Waals surface area contributed by atoms with Crippen molar-refractivity contribution >= 4 is 0 Å². The van der Waals surface area contributed by atoms with Gasteiger partial charge in [0.25, 0.3) is 0 Å². The van der Waals surface area contributed by atoms with E-state index in [-0.39, 0.29) is 6.10 Å². The number of rotatable bonds is 1. The zero-order chi connectivity index (χ0) is 12.3. The molecule has 5 aliphatic rings. The number of hydrogen-bond donors (Lipinski definition) is 1. The molecule has 0 aromatic rings. The predicted octanol–water partition coefficient (Wildman–Crippen LogP) is 4.00. The van der Waals surface area contributed by atoms with Crippen molar-refractivity contribution in [3.05, 3.63) is 0 Å². The molecule has 5 aliphatic carbocycles. The molecule has 0 amide bonds. The maximum absolute atomic E-state index is 10.6. The van der Waals surface area contributed by atoms with Crippen LogP contribution in [-0.2, 0) is 0 Å². The third-order valence-electron chi connectivity index (χ3n) is 6.95. The minimum atomic E-state index is 0.0185. The highest BCUT2D eigenvalue weighted by atomic mass is 16.3. The summed E-state index contributed by atoms with van der Waals surface area (Å²) in [6.45, 7) is 2.32. The first-order valence-electron chi connectivity index (χ1n) is 8.33. The van der Waals surface area contributed by atoms with Gasteiger partial charge in [0.15, 0.2) is 0 Å². The number of aliphatic hydroxyl groups excluding tert-OH is 1. The van der Waals surface area contributed by atoms with Crippen LogP contribution in [0.25, 0.3) is 0 Å². The van der Waals surface area contributed by atoms with Crippen LogP contribution < -0.4 is 0 Å². The lowest BCUT2D eigenvalue weighted by Crippen LogP contribution is -2.53. The van der Waals surface area contributed by atoms with E-state index in [1.807, 2.05) is 0 Å². The molecule has 18 heavy (non-hydrogen) atoms. The monoisotopic (exact) mass is 248 g/mol. The molecule has 0 heterocycles. The molecule has 4 bridgehead atoms. The summed E-state index contributed by atoms with van der Waals surface area (Å²) in [5, 5.41) is 10.6. The zero-order valence-corrected chi connectivity index (χ0v) is 11.8. The van der Waals surface area contributed by atoms with Gasteiger partial charge in [0, 0.05) is 0 Å². The molecule has 5 saturated carbocycles. The van der Waals surface area contributed by atoms with Gasteiger partial charge < -0.3 is 5.11 Å². The van der Waals surface area contributed by atoms with Gasteiger partial charge in [-0.1, -0.05) is 13.3 Å². The lowest BCUT2D eigenvalue weighted by Gasteiger charge is -2.61. The molecule has 0 saturated heterocycles. The molecule has 0 aromatic carbocycles. The summed E-state index contributed by atoms with van der Waals surface area (Å²) in [5.74, 6) is 4.50. The Morgan fingerprint density at radius 1 is 0.833 bits per heavy atom. The maximum Gasteiger partial charge on any atom is 0.0576 e. The largest absolute Gasteiger partial charge is 0.393 e. The second-order valence-electron chi connectivity index (χ2n) is 8.37. The average Bonchev–Trinajstić information content (AvgIpc) is 2.26. The Labute approximate surface area is 111 Å². The zero-order valence-electron chi connectivity index (χ0n) is 11.8. The minimum absolute atomic E-state index is 0.0185. The molecule has 0 aromatic heterocycles. The summed E-state index contributed by atoms with van der Waals surface area (Å²) in [7, 11) is 0. The Morgan fingerprint density at radius 3 is 1.89 bits per heavy atom. The molecule has 5 fully saturated rings. The van der Waals surface area contributed by atoms with Crippen LogP contribution in [0.5, 0.6) is 0 Å². The lowest BCUT2D eigenvalue weighted by molar-refractivity contribution is -0.131. The summed E-state index contributed by atoms with van der Waals surface area (Å²) in [6.07, 6.45) is 12.8. The smallest absolute Gasteiger partial charge is 0.0576 e. The van der Waals surface area contributed by atoms with Gasteiger partial charge in [0.05, 0.1) is 6.10 Å². The van der Waals surface area contributed by atoms with E-state index in [1.165, 1.54) is 51.4 Å². The highest BCUT2D eigenvalue weighted by Gasteiger charge is 2.55. The highest BCUT2D eigenvalue weighted by molar-refractivity contribution is 5.06. The van der Waals surface area contributed by atoms with E-state index >= 15 is 0 Å². The van der Waals surface area contributed by atoms with Gasteiger partial charge in [-0.25, -0.2) is 0 Å². The van der Waals surface area contributed by atoms with Crippen LogP contribution in [0.1, 0.15) is 64.7 Å². The summed E-state index contributed by atoms with van der Waals surface area (Å²) < 4.78 is 0. The molecule has 5 rings (SSSR count). The van der Waals surface area contributed by atoms with Crippen molar-refractivity contribution in [3.63, 3.8) is 0 Å². The maximum atomic E-state index is 10.6. The minimum Gasteiger partial charge on any atom is -0.393 e. The Hall–Kier alpha value is -0.0400. The van der Waals surface area contributed by atoms with E-state index in [2.05, 4.69) is 6.92 Å². The quantitative estimate of drug-likeness (QED) is 0.743. The molecular formula is C17H28O. The van der Waals surface area contributed by atoms with Crippen LogP contribution in [0.15, 0.2) is 0 Å². The number of aliphatic hydroxyl groups is 1. The molecule has 0 radical (unpaired) electrons. The van der Waals surface area contributed by atoms with Crippen LogP contribution in [0.3, 0.4) is 0 Å². The van der Waals surface area contributed by atoms with Gasteiger partial charge in [-0.3, -0.25) is 0 Å². The van der Waals surface area contributed by atoms with Crippen LogP contribution in [0.2, 0.25) is 0 Å². The topological polar surface area (TPSA) is 20.2 Å². The standard InChI is InChI=1S/C17H28O/c1-11-2-3-15(16(18)4-11)17-8-12-5-13(9-17)7-14(6-12)10-17/h11-16,18H,2-10H2,1H3/t11-,12?,13?,14?,15-,16+,17?/m1/s1. The highest BCUT2D eigenvalue weighted by Crippen LogP contribution is 2.64. The first-order valence-corrected chi connectivity index (χ1v) is 8.33. The van der Waals surface area contributed by atoms with Gasteiger partial charge >= 0.3 is 0 Å². The van der Waals surface area contributed by atoms with Crippen molar-refractivity contribution in [2.75, 3.05) is 0 Å². The molecular weight excluding hydrogens is 220 g/mol. The lowest BCUT2D eigenvalue weighted by atomic mass is 9.45. The third kappa shape index (κ3) is 1.69. The average molecular weight is 248 g/mol. The van der Waals surface area contributed by atoms with Crippen LogP contribution in [-0.4, -0.2) is 11.2 Å².